The lowest BCUT2D eigenvalue weighted by Crippen LogP contribution is -2.41. The Balaban J connectivity index is 2.28. The number of carboxylic acid groups (broad SMARTS) is 1. The number of hydrogen-bond donors (Lipinski definition) is 1. The number of pyridine rings is 1. The van der Waals surface area contributed by atoms with Crippen LogP contribution in [0, 0.1) is 0 Å². The minimum absolute atomic E-state index is 0.264. The number of aromatic nitrogens is 1. The normalized spacial score (nSPS) is 19.0. The van der Waals surface area contributed by atoms with Crippen molar-refractivity contribution in [2.24, 2.45) is 0 Å². The smallest absolute Gasteiger partial charge is 0.326 e. The van der Waals surface area contributed by atoms with E-state index in [1.165, 1.54) is 6.92 Å². The Morgan fingerprint density at radius 2 is 2.16 bits per heavy atom. The topological polar surface area (TPSA) is 70.5 Å². The predicted octanol–water partition coefficient (Wildman–Crippen LogP) is 1.76. The number of aliphatic carboxylic acids is 1. The zero-order valence-electron chi connectivity index (χ0n) is 9.94. The van der Waals surface area contributed by atoms with Crippen LogP contribution in [0.1, 0.15) is 12.5 Å². The summed E-state index contributed by atoms with van der Waals surface area (Å²) < 4.78 is 0.264. The second-order valence-corrected chi connectivity index (χ2v) is 5.52. The lowest BCUT2D eigenvalue weighted by molar-refractivity contribution is -0.144. The van der Waals surface area contributed by atoms with Crippen LogP contribution in [0.2, 0.25) is 0 Å². The molecule has 0 saturated carbocycles. The molecule has 19 heavy (non-hydrogen) atoms. The van der Waals surface area contributed by atoms with E-state index < -0.39 is 12.0 Å². The Morgan fingerprint density at radius 1 is 1.53 bits per heavy atom. The van der Waals surface area contributed by atoms with Gasteiger partial charge in [-0.15, -0.1) is 0 Å². The van der Waals surface area contributed by atoms with Crippen LogP contribution in [0.3, 0.4) is 0 Å². The summed E-state index contributed by atoms with van der Waals surface area (Å²) in [5.74, 6) is -1.46. The summed E-state index contributed by atoms with van der Waals surface area (Å²) in [5, 5.41) is 8.96. The molecule has 5 nitrogen and oxygen atoms in total. The molecule has 98 valence electrons. The van der Waals surface area contributed by atoms with Gasteiger partial charge in [0.2, 0.25) is 0 Å². The Hall–Kier alpha value is -1.73. The summed E-state index contributed by atoms with van der Waals surface area (Å²) in [6.45, 7) is 1.43. The van der Waals surface area contributed by atoms with E-state index in [0.717, 1.165) is 22.2 Å². The molecule has 1 saturated heterocycles. The number of carbonyl (C=O) groups is 2. The van der Waals surface area contributed by atoms with E-state index >= 15 is 0 Å². The summed E-state index contributed by atoms with van der Waals surface area (Å²) in [7, 11) is 0. The highest BCUT2D eigenvalue weighted by molar-refractivity contribution is 8.26. The van der Waals surface area contributed by atoms with Crippen molar-refractivity contribution in [1.29, 1.82) is 0 Å². The molecule has 0 aliphatic carbocycles. The van der Waals surface area contributed by atoms with Crippen molar-refractivity contribution in [3.63, 3.8) is 0 Å². The lowest BCUT2D eigenvalue weighted by atomic mass is 10.2. The summed E-state index contributed by atoms with van der Waals surface area (Å²) in [5.41, 5.74) is 0.818. The number of rotatable bonds is 3. The SMILES string of the molecule is CC(C(=O)O)N1C(=O)/C(=C/c2ccncc2)SC1=S. The van der Waals surface area contributed by atoms with Crippen molar-refractivity contribution in [2.45, 2.75) is 13.0 Å². The lowest BCUT2D eigenvalue weighted by Gasteiger charge is -2.18. The molecule has 1 aromatic rings. The second-order valence-electron chi connectivity index (χ2n) is 3.85. The van der Waals surface area contributed by atoms with Crippen molar-refractivity contribution in [1.82, 2.24) is 9.88 Å². The molecule has 0 aromatic carbocycles. The van der Waals surface area contributed by atoms with Crippen molar-refractivity contribution >= 4 is 46.3 Å². The molecule has 2 rings (SSSR count). The Kier molecular flexibility index (Phi) is 3.96. The quantitative estimate of drug-likeness (QED) is 0.676. The summed E-state index contributed by atoms with van der Waals surface area (Å²) in [6.07, 6.45) is 4.91. The minimum atomic E-state index is -1.08. The molecule has 1 aromatic heterocycles. The zero-order valence-corrected chi connectivity index (χ0v) is 11.6. The molecule has 1 amide bonds. The number of hydrogen-bond acceptors (Lipinski definition) is 5. The van der Waals surface area contributed by atoms with Crippen molar-refractivity contribution in [3.05, 3.63) is 35.0 Å². The molecule has 1 N–H and O–H groups in total. The first-order valence-corrected chi connectivity index (χ1v) is 6.63. The van der Waals surface area contributed by atoms with Crippen LogP contribution < -0.4 is 0 Å². The average Bonchev–Trinajstić information content (AvgIpc) is 2.65. The predicted molar refractivity (Wildman–Crippen MR) is 76.3 cm³/mol. The maximum absolute atomic E-state index is 12.1. The molecule has 1 aliphatic rings. The van der Waals surface area contributed by atoms with Gasteiger partial charge in [-0.3, -0.25) is 14.7 Å². The van der Waals surface area contributed by atoms with Gasteiger partial charge >= 0.3 is 5.97 Å². The van der Waals surface area contributed by atoms with E-state index in [1.807, 2.05) is 0 Å². The molecule has 1 aliphatic heterocycles. The molecule has 0 radical (unpaired) electrons. The summed E-state index contributed by atoms with van der Waals surface area (Å²) in [4.78, 5) is 28.5. The highest BCUT2D eigenvalue weighted by Gasteiger charge is 2.38. The number of nitrogens with zero attached hydrogens (tertiary/aromatic N) is 2. The average molecular weight is 294 g/mol. The Labute approximate surface area is 119 Å². The number of thiocarbonyl (C=S) groups is 1. The highest BCUT2D eigenvalue weighted by Crippen LogP contribution is 2.33. The van der Waals surface area contributed by atoms with Gasteiger partial charge in [0.25, 0.3) is 5.91 Å². The third-order valence-corrected chi connectivity index (χ3v) is 3.90. The van der Waals surface area contributed by atoms with Crippen LogP contribution in [-0.4, -0.2) is 37.2 Å². The van der Waals surface area contributed by atoms with E-state index in [-0.39, 0.29) is 10.2 Å². The fraction of sp³-hybridized carbons (Fsp3) is 0.167. The van der Waals surface area contributed by atoms with E-state index in [4.69, 9.17) is 17.3 Å². The summed E-state index contributed by atoms with van der Waals surface area (Å²) >= 11 is 6.17. The van der Waals surface area contributed by atoms with Gasteiger partial charge in [0.15, 0.2) is 0 Å². The minimum Gasteiger partial charge on any atom is -0.480 e. The molecular formula is C12H10N2O3S2. The monoisotopic (exact) mass is 294 g/mol. The van der Waals surface area contributed by atoms with Crippen LogP contribution >= 0.6 is 24.0 Å². The van der Waals surface area contributed by atoms with Gasteiger partial charge in [0, 0.05) is 12.4 Å². The third kappa shape index (κ3) is 2.82. The van der Waals surface area contributed by atoms with Gasteiger partial charge < -0.3 is 5.11 Å². The standard InChI is InChI=1S/C12H10N2O3S2/c1-7(11(16)17)14-10(15)9(19-12(14)18)6-8-2-4-13-5-3-8/h2-7H,1H3,(H,16,17)/b9-6-. The van der Waals surface area contributed by atoms with E-state index in [9.17, 15) is 9.59 Å². The zero-order chi connectivity index (χ0) is 14.0. The van der Waals surface area contributed by atoms with Crippen LogP contribution in [0.15, 0.2) is 29.4 Å². The first-order chi connectivity index (χ1) is 9.00. The molecule has 1 unspecified atom stereocenters. The number of carbonyl (C=O) groups excluding carboxylic acids is 1. The Morgan fingerprint density at radius 3 is 2.74 bits per heavy atom. The van der Waals surface area contributed by atoms with E-state index in [1.54, 1.807) is 30.6 Å². The molecule has 1 fully saturated rings. The van der Waals surface area contributed by atoms with Crippen molar-refractivity contribution in [2.75, 3.05) is 0 Å². The number of carboxylic acids is 1. The highest BCUT2D eigenvalue weighted by atomic mass is 32.2. The molecular weight excluding hydrogens is 284 g/mol. The maximum atomic E-state index is 12.1. The van der Waals surface area contributed by atoms with Crippen LogP contribution in [0.4, 0.5) is 0 Å². The van der Waals surface area contributed by atoms with Gasteiger partial charge in [-0.05, 0) is 30.7 Å². The Bertz CT molecular complexity index is 572. The van der Waals surface area contributed by atoms with Crippen LogP contribution in [0.5, 0.6) is 0 Å². The molecule has 0 spiro atoms. The van der Waals surface area contributed by atoms with Crippen LogP contribution in [0.25, 0.3) is 6.08 Å². The second kappa shape index (κ2) is 5.50. The first kappa shape index (κ1) is 13.7. The van der Waals surface area contributed by atoms with Crippen molar-refractivity contribution in [3.8, 4) is 0 Å². The number of thioether (sulfide) groups is 1. The van der Waals surface area contributed by atoms with Gasteiger partial charge in [-0.25, -0.2) is 4.79 Å². The fourth-order valence-corrected chi connectivity index (χ4v) is 2.95. The fourth-order valence-electron chi connectivity index (χ4n) is 1.54. The van der Waals surface area contributed by atoms with Gasteiger partial charge in [-0.1, -0.05) is 24.0 Å². The molecule has 7 heteroatoms. The third-order valence-electron chi connectivity index (χ3n) is 2.57. The van der Waals surface area contributed by atoms with E-state index in [2.05, 4.69) is 4.98 Å². The largest absolute Gasteiger partial charge is 0.480 e. The van der Waals surface area contributed by atoms with Gasteiger partial charge in [-0.2, -0.15) is 0 Å². The molecule has 2 heterocycles. The van der Waals surface area contributed by atoms with Crippen LogP contribution in [-0.2, 0) is 9.59 Å². The van der Waals surface area contributed by atoms with Gasteiger partial charge in [0.1, 0.15) is 10.4 Å². The number of amides is 1. The molecule has 0 bridgehead atoms. The molecule has 1 atom stereocenters. The maximum Gasteiger partial charge on any atom is 0.326 e. The first-order valence-electron chi connectivity index (χ1n) is 5.40. The van der Waals surface area contributed by atoms with Crippen molar-refractivity contribution < 1.29 is 14.7 Å². The van der Waals surface area contributed by atoms with Gasteiger partial charge in [0.05, 0.1) is 4.91 Å². The van der Waals surface area contributed by atoms with E-state index in [0.29, 0.717) is 4.91 Å². The summed E-state index contributed by atoms with van der Waals surface area (Å²) in [6, 6.07) is 2.55.